The quantitative estimate of drug-likeness (QED) is 0.833. The van der Waals surface area contributed by atoms with Crippen molar-refractivity contribution in [2.45, 2.75) is 12.8 Å². The van der Waals surface area contributed by atoms with Gasteiger partial charge in [0.05, 0.1) is 0 Å². The highest BCUT2D eigenvalue weighted by Crippen LogP contribution is 2.14. The molecule has 2 rings (SSSR count). The summed E-state index contributed by atoms with van der Waals surface area (Å²) in [6.45, 7) is 3.53. The number of hydrogen-bond acceptors (Lipinski definition) is 4. The third-order valence-corrected chi connectivity index (χ3v) is 2.85. The van der Waals surface area contributed by atoms with Crippen molar-refractivity contribution in [3.05, 3.63) is 23.9 Å². The van der Waals surface area contributed by atoms with E-state index in [4.69, 9.17) is 9.84 Å². The molecular weight excluding hydrogens is 220 g/mol. The monoisotopic (exact) mass is 236 g/mol. The Labute approximate surface area is 100 Å². The average Bonchev–Trinajstić information content (AvgIpc) is 2.82. The highest BCUT2D eigenvalue weighted by molar-refractivity contribution is 5.90. The number of carboxylic acids is 1. The van der Waals surface area contributed by atoms with Crippen LogP contribution in [0, 0.1) is 0 Å². The molecule has 0 saturated carbocycles. The molecule has 0 spiro atoms. The number of aromatic carboxylic acids is 1. The largest absolute Gasteiger partial charge is 0.477 e. The lowest BCUT2D eigenvalue weighted by Gasteiger charge is -2.14. The smallest absolute Gasteiger partial charge is 0.341 e. The Kier molecular flexibility index (Phi) is 3.93. The molecule has 1 N–H and O–H groups in total. The molecule has 1 aliphatic heterocycles. The predicted molar refractivity (Wildman–Crippen MR) is 62.4 cm³/mol. The van der Waals surface area contributed by atoms with Gasteiger partial charge in [-0.15, -0.1) is 0 Å². The van der Waals surface area contributed by atoms with Gasteiger partial charge in [0.1, 0.15) is 12.2 Å². The van der Waals surface area contributed by atoms with Gasteiger partial charge < -0.3 is 9.84 Å². The number of likely N-dealkylation sites (tertiary alicyclic amines) is 1. The Morgan fingerprint density at radius 3 is 2.94 bits per heavy atom. The summed E-state index contributed by atoms with van der Waals surface area (Å²) in [4.78, 5) is 17.2. The van der Waals surface area contributed by atoms with Crippen LogP contribution in [0.1, 0.15) is 23.2 Å². The van der Waals surface area contributed by atoms with Crippen LogP contribution in [-0.2, 0) is 0 Å². The first-order valence-electron chi connectivity index (χ1n) is 5.81. The first-order valence-corrected chi connectivity index (χ1v) is 5.81. The standard InChI is InChI=1S/C12H16N2O3/c15-12(16)10-4-3-5-13-11(10)17-9-8-14-6-1-2-7-14/h3-5H,1-2,6-9H2,(H,15,16). The maximum atomic E-state index is 10.9. The Balaban J connectivity index is 1.87. The number of ether oxygens (including phenoxy) is 1. The van der Waals surface area contributed by atoms with Gasteiger partial charge in [0, 0.05) is 12.7 Å². The molecule has 0 aliphatic carbocycles. The van der Waals surface area contributed by atoms with Gasteiger partial charge >= 0.3 is 5.97 Å². The molecule has 2 heterocycles. The second kappa shape index (κ2) is 5.63. The fourth-order valence-corrected chi connectivity index (χ4v) is 1.95. The van der Waals surface area contributed by atoms with E-state index in [0.717, 1.165) is 19.6 Å². The molecule has 0 amide bonds. The van der Waals surface area contributed by atoms with Crippen molar-refractivity contribution in [2.75, 3.05) is 26.2 Å². The molecule has 92 valence electrons. The number of hydrogen-bond donors (Lipinski definition) is 1. The summed E-state index contributed by atoms with van der Waals surface area (Å²) in [6.07, 6.45) is 4.02. The SMILES string of the molecule is O=C(O)c1cccnc1OCCN1CCCC1. The molecule has 1 aliphatic rings. The molecular formula is C12H16N2O3. The van der Waals surface area contributed by atoms with E-state index >= 15 is 0 Å². The van der Waals surface area contributed by atoms with Crippen LogP contribution in [0.4, 0.5) is 0 Å². The number of rotatable bonds is 5. The van der Waals surface area contributed by atoms with Crippen LogP contribution in [0.15, 0.2) is 18.3 Å². The van der Waals surface area contributed by atoms with Crippen LogP contribution >= 0.6 is 0 Å². The fraction of sp³-hybridized carbons (Fsp3) is 0.500. The van der Waals surface area contributed by atoms with E-state index in [2.05, 4.69) is 9.88 Å². The number of aromatic nitrogens is 1. The molecule has 5 heteroatoms. The minimum Gasteiger partial charge on any atom is -0.477 e. The summed E-state index contributed by atoms with van der Waals surface area (Å²) in [5.74, 6) is -0.798. The lowest BCUT2D eigenvalue weighted by Crippen LogP contribution is -2.25. The van der Waals surface area contributed by atoms with Crippen molar-refractivity contribution >= 4 is 5.97 Å². The van der Waals surface area contributed by atoms with Crippen LogP contribution in [0.3, 0.4) is 0 Å². The summed E-state index contributed by atoms with van der Waals surface area (Å²) in [7, 11) is 0. The second-order valence-electron chi connectivity index (χ2n) is 4.06. The highest BCUT2D eigenvalue weighted by Gasteiger charge is 2.14. The molecule has 0 atom stereocenters. The molecule has 1 aromatic heterocycles. The van der Waals surface area contributed by atoms with E-state index in [1.807, 2.05) is 0 Å². The number of carboxylic acid groups (broad SMARTS) is 1. The molecule has 0 radical (unpaired) electrons. The van der Waals surface area contributed by atoms with Crippen molar-refractivity contribution < 1.29 is 14.6 Å². The van der Waals surface area contributed by atoms with E-state index in [1.165, 1.54) is 25.1 Å². The number of carbonyl (C=O) groups is 1. The summed E-state index contributed by atoms with van der Waals surface area (Å²) < 4.78 is 5.43. The molecule has 17 heavy (non-hydrogen) atoms. The van der Waals surface area contributed by atoms with E-state index in [1.54, 1.807) is 6.07 Å². The zero-order chi connectivity index (χ0) is 12.1. The molecule has 1 fully saturated rings. The molecule has 0 bridgehead atoms. The summed E-state index contributed by atoms with van der Waals surface area (Å²) in [6, 6.07) is 3.09. The van der Waals surface area contributed by atoms with Gasteiger partial charge in [-0.05, 0) is 38.1 Å². The molecule has 5 nitrogen and oxygen atoms in total. The maximum absolute atomic E-state index is 10.9. The summed E-state index contributed by atoms with van der Waals surface area (Å²) >= 11 is 0. The zero-order valence-corrected chi connectivity index (χ0v) is 9.63. The topological polar surface area (TPSA) is 62.7 Å². The van der Waals surface area contributed by atoms with Gasteiger partial charge in [0.2, 0.25) is 5.88 Å². The lowest BCUT2D eigenvalue weighted by molar-refractivity contribution is 0.0690. The first kappa shape index (κ1) is 11.9. The zero-order valence-electron chi connectivity index (χ0n) is 9.63. The van der Waals surface area contributed by atoms with Crippen molar-refractivity contribution in [2.24, 2.45) is 0 Å². The predicted octanol–water partition coefficient (Wildman–Crippen LogP) is 1.25. The first-order chi connectivity index (χ1) is 8.27. The Morgan fingerprint density at radius 1 is 1.47 bits per heavy atom. The lowest BCUT2D eigenvalue weighted by atomic mass is 10.3. The van der Waals surface area contributed by atoms with Gasteiger partial charge in [0.25, 0.3) is 0 Å². The van der Waals surface area contributed by atoms with E-state index in [9.17, 15) is 4.79 Å². The second-order valence-corrected chi connectivity index (χ2v) is 4.06. The molecule has 0 aromatic carbocycles. The van der Waals surface area contributed by atoms with Gasteiger partial charge in [-0.25, -0.2) is 9.78 Å². The summed E-state index contributed by atoms with van der Waals surface area (Å²) in [5.41, 5.74) is 0.119. The minimum absolute atomic E-state index is 0.119. The Bertz CT molecular complexity index is 389. The van der Waals surface area contributed by atoms with Gasteiger partial charge in [-0.3, -0.25) is 4.90 Å². The van der Waals surface area contributed by atoms with E-state index < -0.39 is 5.97 Å². The van der Waals surface area contributed by atoms with Gasteiger partial charge in [-0.2, -0.15) is 0 Å². The minimum atomic E-state index is -1.01. The van der Waals surface area contributed by atoms with Crippen molar-refractivity contribution in [1.82, 2.24) is 9.88 Å². The molecule has 0 unspecified atom stereocenters. The van der Waals surface area contributed by atoms with Gasteiger partial charge in [-0.1, -0.05) is 0 Å². The van der Waals surface area contributed by atoms with Crippen LogP contribution in [0.2, 0.25) is 0 Å². The third-order valence-electron chi connectivity index (χ3n) is 2.85. The number of nitrogens with zero attached hydrogens (tertiary/aromatic N) is 2. The van der Waals surface area contributed by atoms with Crippen molar-refractivity contribution in [3.63, 3.8) is 0 Å². The third kappa shape index (κ3) is 3.17. The van der Waals surface area contributed by atoms with Gasteiger partial charge in [0.15, 0.2) is 0 Å². The average molecular weight is 236 g/mol. The molecule has 1 aromatic rings. The fourth-order valence-electron chi connectivity index (χ4n) is 1.95. The Morgan fingerprint density at radius 2 is 2.24 bits per heavy atom. The van der Waals surface area contributed by atoms with Crippen LogP contribution in [0.5, 0.6) is 5.88 Å². The van der Waals surface area contributed by atoms with Crippen molar-refractivity contribution in [1.29, 1.82) is 0 Å². The van der Waals surface area contributed by atoms with Crippen LogP contribution in [0.25, 0.3) is 0 Å². The van der Waals surface area contributed by atoms with Crippen molar-refractivity contribution in [3.8, 4) is 5.88 Å². The molecule has 1 saturated heterocycles. The van der Waals surface area contributed by atoms with Crippen LogP contribution < -0.4 is 4.74 Å². The summed E-state index contributed by atoms with van der Waals surface area (Å²) in [5, 5.41) is 8.95. The van der Waals surface area contributed by atoms with Crippen LogP contribution in [-0.4, -0.2) is 47.2 Å². The maximum Gasteiger partial charge on any atom is 0.341 e. The Hall–Kier alpha value is -1.62. The van der Waals surface area contributed by atoms with E-state index in [-0.39, 0.29) is 11.4 Å². The normalized spacial score (nSPS) is 16.0. The van der Waals surface area contributed by atoms with E-state index in [0.29, 0.717) is 6.61 Å². The highest BCUT2D eigenvalue weighted by atomic mass is 16.5. The number of pyridine rings is 1.